The monoisotopic (exact) mass is 354 g/mol. The van der Waals surface area contributed by atoms with Gasteiger partial charge in [0, 0.05) is 24.5 Å². The lowest BCUT2D eigenvalue weighted by Gasteiger charge is -2.32. The van der Waals surface area contributed by atoms with Gasteiger partial charge in [0.15, 0.2) is 11.5 Å². The normalized spacial score (nSPS) is 17.4. The fourth-order valence-electron chi connectivity index (χ4n) is 3.95. The smallest absolute Gasteiger partial charge is 0.231 e. The summed E-state index contributed by atoms with van der Waals surface area (Å²) in [6.45, 7) is 3.54. The molecule has 2 aliphatic heterocycles. The maximum atomic E-state index is 5.63. The molecule has 0 bridgehead atoms. The van der Waals surface area contributed by atoms with Crippen LogP contribution in [0.2, 0.25) is 0 Å². The van der Waals surface area contributed by atoms with Crippen LogP contribution in [-0.4, -0.2) is 36.9 Å². The SMILES string of the molecule is COc1ccncc1CN1CCC(CCc2cccc3c2OCO3)CC1. The molecule has 0 aliphatic carbocycles. The van der Waals surface area contributed by atoms with Crippen LogP contribution in [0.3, 0.4) is 0 Å². The Morgan fingerprint density at radius 2 is 2.04 bits per heavy atom. The van der Waals surface area contributed by atoms with Crippen molar-refractivity contribution in [2.45, 2.75) is 32.2 Å². The predicted octanol–water partition coefficient (Wildman–Crippen LogP) is 3.66. The van der Waals surface area contributed by atoms with Gasteiger partial charge in [0.1, 0.15) is 5.75 Å². The second-order valence-electron chi connectivity index (χ2n) is 7.10. The van der Waals surface area contributed by atoms with E-state index in [4.69, 9.17) is 14.2 Å². The van der Waals surface area contributed by atoms with Crippen LogP contribution in [0.25, 0.3) is 0 Å². The zero-order valence-corrected chi connectivity index (χ0v) is 15.3. The molecule has 5 heteroatoms. The van der Waals surface area contributed by atoms with Crippen LogP contribution in [0.4, 0.5) is 0 Å². The van der Waals surface area contributed by atoms with Crippen molar-refractivity contribution in [1.82, 2.24) is 9.88 Å². The number of rotatable bonds is 6. The van der Waals surface area contributed by atoms with Crippen molar-refractivity contribution in [2.75, 3.05) is 27.0 Å². The fraction of sp³-hybridized carbons (Fsp3) is 0.476. The van der Waals surface area contributed by atoms with Gasteiger partial charge in [-0.05, 0) is 62.4 Å². The van der Waals surface area contributed by atoms with E-state index in [1.165, 1.54) is 30.4 Å². The average molecular weight is 354 g/mol. The van der Waals surface area contributed by atoms with Crippen LogP contribution in [0, 0.1) is 5.92 Å². The summed E-state index contributed by atoms with van der Waals surface area (Å²) in [7, 11) is 1.72. The number of aromatic nitrogens is 1. The van der Waals surface area contributed by atoms with E-state index in [-0.39, 0.29) is 0 Å². The number of benzene rings is 1. The molecule has 0 atom stereocenters. The molecule has 5 nitrogen and oxygen atoms in total. The lowest BCUT2D eigenvalue weighted by Crippen LogP contribution is -2.33. The van der Waals surface area contributed by atoms with Crippen LogP contribution in [0.5, 0.6) is 17.2 Å². The predicted molar refractivity (Wildman–Crippen MR) is 99.7 cm³/mol. The molecule has 0 spiro atoms. The molecule has 1 aromatic carbocycles. The number of fused-ring (bicyclic) bond motifs is 1. The van der Waals surface area contributed by atoms with Crippen LogP contribution in [0.1, 0.15) is 30.4 Å². The Hall–Kier alpha value is -2.27. The lowest BCUT2D eigenvalue weighted by molar-refractivity contribution is 0.168. The average Bonchev–Trinajstić information content (AvgIpc) is 3.17. The summed E-state index contributed by atoms with van der Waals surface area (Å²) in [4.78, 5) is 6.74. The number of pyridine rings is 1. The molecule has 1 saturated heterocycles. The maximum absolute atomic E-state index is 5.63. The molecule has 0 radical (unpaired) electrons. The van der Waals surface area contributed by atoms with Gasteiger partial charge in [0.2, 0.25) is 6.79 Å². The fourth-order valence-corrected chi connectivity index (χ4v) is 3.95. The molecule has 0 saturated carbocycles. The summed E-state index contributed by atoms with van der Waals surface area (Å²) in [5, 5.41) is 0. The van der Waals surface area contributed by atoms with Gasteiger partial charge in [0.05, 0.1) is 7.11 Å². The summed E-state index contributed by atoms with van der Waals surface area (Å²) in [5.74, 6) is 3.55. The van der Waals surface area contributed by atoms with Gasteiger partial charge in [-0.25, -0.2) is 0 Å². The van der Waals surface area contributed by atoms with Gasteiger partial charge in [-0.1, -0.05) is 12.1 Å². The summed E-state index contributed by atoms with van der Waals surface area (Å²) < 4.78 is 16.5. The Kier molecular flexibility index (Phi) is 5.25. The minimum absolute atomic E-state index is 0.350. The Morgan fingerprint density at radius 1 is 1.15 bits per heavy atom. The molecule has 1 aromatic heterocycles. The van der Waals surface area contributed by atoms with Gasteiger partial charge in [-0.2, -0.15) is 0 Å². The van der Waals surface area contributed by atoms with Crippen molar-refractivity contribution < 1.29 is 14.2 Å². The van der Waals surface area contributed by atoms with Crippen LogP contribution in [0.15, 0.2) is 36.7 Å². The van der Waals surface area contributed by atoms with Gasteiger partial charge >= 0.3 is 0 Å². The van der Waals surface area contributed by atoms with Gasteiger partial charge in [-0.3, -0.25) is 9.88 Å². The van der Waals surface area contributed by atoms with Gasteiger partial charge < -0.3 is 14.2 Å². The van der Waals surface area contributed by atoms with Crippen molar-refractivity contribution in [3.05, 3.63) is 47.8 Å². The zero-order valence-electron chi connectivity index (χ0n) is 15.3. The molecule has 2 aromatic rings. The van der Waals surface area contributed by atoms with Crippen LogP contribution >= 0.6 is 0 Å². The zero-order chi connectivity index (χ0) is 17.8. The molecular weight excluding hydrogens is 328 g/mol. The number of aryl methyl sites for hydroxylation is 1. The van der Waals surface area contributed by atoms with Crippen LogP contribution < -0.4 is 14.2 Å². The Balaban J connectivity index is 1.27. The first-order valence-corrected chi connectivity index (χ1v) is 9.40. The van der Waals surface area contributed by atoms with Crippen molar-refractivity contribution in [2.24, 2.45) is 5.92 Å². The first-order chi connectivity index (χ1) is 12.8. The second kappa shape index (κ2) is 7.96. The summed E-state index contributed by atoms with van der Waals surface area (Å²) in [6, 6.07) is 8.15. The first-order valence-electron chi connectivity index (χ1n) is 9.40. The molecular formula is C21H26N2O3. The third-order valence-electron chi connectivity index (χ3n) is 5.48. The highest BCUT2D eigenvalue weighted by Gasteiger charge is 2.22. The first kappa shape index (κ1) is 17.2. The number of hydrogen-bond donors (Lipinski definition) is 0. The number of ether oxygens (including phenoxy) is 3. The quantitative estimate of drug-likeness (QED) is 0.792. The molecule has 4 rings (SSSR count). The topological polar surface area (TPSA) is 43.8 Å². The molecule has 0 unspecified atom stereocenters. The van der Waals surface area contributed by atoms with E-state index in [0.29, 0.717) is 6.79 Å². The number of hydrogen-bond acceptors (Lipinski definition) is 5. The minimum Gasteiger partial charge on any atom is -0.496 e. The van der Waals surface area contributed by atoms with Crippen molar-refractivity contribution in [3.8, 4) is 17.2 Å². The van der Waals surface area contributed by atoms with E-state index in [9.17, 15) is 0 Å². The third kappa shape index (κ3) is 3.78. The lowest BCUT2D eigenvalue weighted by atomic mass is 9.90. The van der Waals surface area contributed by atoms with E-state index < -0.39 is 0 Å². The molecule has 138 valence electrons. The van der Waals surface area contributed by atoms with Crippen molar-refractivity contribution in [1.29, 1.82) is 0 Å². The molecule has 1 fully saturated rings. The molecule has 3 heterocycles. The standard InChI is InChI=1S/C21H26N2O3/c1-24-19-7-10-22-13-18(19)14-23-11-8-16(9-12-23)5-6-17-3-2-4-20-21(17)26-15-25-20/h2-4,7,10,13,16H,5-6,8-9,11-12,14-15H2,1H3. The highest BCUT2D eigenvalue weighted by atomic mass is 16.7. The Labute approximate surface area is 154 Å². The number of likely N-dealkylation sites (tertiary alicyclic amines) is 1. The largest absolute Gasteiger partial charge is 0.496 e. The number of methoxy groups -OCH3 is 1. The summed E-state index contributed by atoms with van der Waals surface area (Å²) in [5.41, 5.74) is 2.45. The molecule has 0 amide bonds. The highest BCUT2D eigenvalue weighted by molar-refractivity contribution is 5.48. The number of para-hydroxylation sites is 1. The van der Waals surface area contributed by atoms with Gasteiger partial charge in [-0.15, -0.1) is 0 Å². The van der Waals surface area contributed by atoms with Crippen molar-refractivity contribution >= 4 is 0 Å². The van der Waals surface area contributed by atoms with Crippen LogP contribution in [-0.2, 0) is 13.0 Å². The van der Waals surface area contributed by atoms with Gasteiger partial charge in [0.25, 0.3) is 0 Å². The summed E-state index contributed by atoms with van der Waals surface area (Å²) in [6.07, 6.45) is 8.47. The molecule has 2 aliphatic rings. The van der Waals surface area contributed by atoms with Crippen molar-refractivity contribution in [3.63, 3.8) is 0 Å². The maximum Gasteiger partial charge on any atom is 0.231 e. The Morgan fingerprint density at radius 3 is 2.88 bits per heavy atom. The Bertz CT molecular complexity index is 742. The minimum atomic E-state index is 0.350. The molecule has 0 N–H and O–H groups in total. The second-order valence-corrected chi connectivity index (χ2v) is 7.10. The van der Waals surface area contributed by atoms with E-state index >= 15 is 0 Å². The number of piperidine rings is 1. The third-order valence-corrected chi connectivity index (χ3v) is 5.48. The number of nitrogens with zero attached hydrogens (tertiary/aromatic N) is 2. The van der Waals surface area contributed by atoms with E-state index in [1.807, 2.05) is 18.3 Å². The van der Waals surface area contributed by atoms with E-state index in [2.05, 4.69) is 22.0 Å². The summed E-state index contributed by atoms with van der Waals surface area (Å²) >= 11 is 0. The van der Waals surface area contributed by atoms with E-state index in [0.717, 1.165) is 49.2 Å². The molecule has 26 heavy (non-hydrogen) atoms. The van der Waals surface area contributed by atoms with E-state index in [1.54, 1.807) is 13.3 Å². The highest BCUT2D eigenvalue weighted by Crippen LogP contribution is 2.37.